The summed E-state index contributed by atoms with van der Waals surface area (Å²) in [4.78, 5) is 26.5. The summed E-state index contributed by atoms with van der Waals surface area (Å²) < 4.78 is 7.13. The second kappa shape index (κ2) is 6.74. The molecule has 1 amide bonds. The third-order valence-electron chi connectivity index (χ3n) is 2.76. The molecule has 2 heterocycles. The first-order chi connectivity index (χ1) is 10.1. The molecule has 0 aliphatic carbocycles. The Kier molecular flexibility index (Phi) is 4.76. The first-order valence-corrected chi connectivity index (χ1v) is 6.68. The third kappa shape index (κ3) is 3.95. The van der Waals surface area contributed by atoms with Crippen LogP contribution in [0.2, 0.25) is 0 Å². The molecular formula is C14H17N3O4. The fourth-order valence-electron chi connectivity index (χ4n) is 1.85. The summed E-state index contributed by atoms with van der Waals surface area (Å²) in [6.07, 6.45) is 4.09. The van der Waals surface area contributed by atoms with Crippen LogP contribution in [0.15, 0.2) is 24.5 Å². The Hall–Kier alpha value is -2.57. The van der Waals surface area contributed by atoms with Crippen molar-refractivity contribution in [2.24, 2.45) is 0 Å². The van der Waals surface area contributed by atoms with Gasteiger partial charge in [-0.1, -0.05) is 6.92 Å². The van der Waals surface area contributed by atoms with E-state index in [4.69, 9.17) is 9.84 Å². The highest BCUT2D eigenvalue weighted by Gasteiger charge is 2.11. The number of carbonyl (C=O) groups excluding carboxylic acids is 1. The van der Waals surface area contributed by atoms with E-state index in [1.54, 1.807) is 28.9 Å². The van der Waals surface area contributed by atoms with Crippen molar-refractivity contribution in [2.45, 2.75) is 19.8 Å². The highest BCUT2D eigenvalue weighted by molar-refractivity contribution is 5.77. The minimum atomic E-state index is -0.945. The highest BCUT2D eigenvalue weighted by Crippen LogP contribution is 2.19. The lowest BCUT2D eigenvalue weighted by molar-refractivity contribution is -0.136. The molecule has 7 heteroatoms. The molecule has 2 N–H and O–H groups in total. The van der Waals surface area contributed by atoms with E-state index in [0.29, 0.717) is 23.6 Å². The number of hydrogen-bond acceptors (Lipinski definition) is 4. The number of nitrogens with one attached hydrogen (secondary N) is 1. The van der Waals surface area contributed by atoms with Gasteiger partial charge in [-0.25, -0.2) is 4.98 Å². The Balaban J connectivity index is 2.10. The molecular weight excluding hydrogens is 274 g/mol. The molecule has 7 nitrogen and oxygen atoms in total. The van der Waals surface area contributed by atoms with Gasteiger partial charge in [-0.2, -0.15) is 0 Å². The number of imidazole rings is 1. The van der Waals surface area contributed by atoms with Crippen molar-refractivity contribution < 1.29 is 19.4 Å². The fourth-order valence-corrected chi connectivity index (χ4v) is 1.85. The van der Waals surface area contributed by atoms with Crippen molar-refractivity contribution in [1.29, 1.82) is 0 Å². The van der Waals surface area contributed by atoms with Crippen molar-refractivity contribution in [3.8, 4) is 5.75 Å². The van der Waals surface area contributed by atoms with Gasteiger partial charge in [-0.15, -0.1) is 0 Å². The van der Waals surface area contributed by atoms with E-state index >= 15 is 0 Å². The zero-order valence-corrected chi connectivity index (χ0v) is 11.7. The summed E-state index contributed by atoms with van der Waals surface area (Å²) in [5.41, 5.74) is 0.936. The predicted molar refractivity (Wildman–Crippen MR) is 75.3 cm³/mol. The van der Waals surface area contributed by atoms with Crippen LogP contribution in [-0.2, 0) is 16.0 Å². The van der Waals surface area contributed by atoms with Crippen LogP contribution in [0.4, 0.5) is 0 Å². The van der Waals surface area contributed by atoms with Gasteiger partial charge in [0, 0.05) is 18.9 Å². The van der Waals surface area contributed by atoms with Crippen LogP contribution in [-0.4, -0.2) is 39.5 Å². The van der Waals surface area contributed by atoms with Gasteiger partial charge in [-0.05, 0) is 18.6 Å². The number of ether oxygens (including phenoxy) is 1. The van der Waals surface area contributed by atoms with E-state index in [-0.39, 0.29) is 18.9 Å². The topological polar surface area (TPSA) is 92.9 Å². The molecule has 0 atom stereocenters. The van der Waals surface area contributed by atoms with Gasteiger partial charge in [0.15, 0.2) is 18.0 Å². The SMILES string of the molecule is CCCNC(=O)COc1cccn2cc(CC(=O)O)nc12. The minimum Gasteiger partial charge on any atom is -0.481 e. The molecule has 0 aliphatic rings. The number of aliphatic carboxylic acids is 1. The molecule has 0 spiro atoms. The molecule has 21 heavy (non-hydrogen) atoms. The maximum Gasteiger partial charge on any atom is 0.309 e. The number of carboxylic acids is 1. The normalized spacial score (nSPS) is 10.5. The Bertz CT molecular complexity index is 651. The van der Waals surface area contributed by atoms with Crippen molar-refractivity contribution in [1.82, 2.24) is 14.7 Å². The van der Waals surface area contributed by atoms with Crippen LogP contribution in [0.5, 0.6) is 5.75 Å². The van der Waals surface area contributed by atoms with E-state index in [9.17, 15) is 9.59 Å². The Labute approximate surface area is 121 Å². The number of nitrogens with zero attached hydrogens (tertiary/aromatic N) is 2. The van der Waals surface area contributed by atoms with E-state index < -0.39 is 5.97 Å². The average Bonchev–Trinajstić information content (AvgIpc) is 2.84. The number of carbonyl (C=O) groups is 2. The number of aromatic nitrogens is 2. The van der Waals surface area contributed by atoms with Crippen molar-refractivity contribution in [3.05, 3.63) is 30.2 Å². The Morgan fingerprint density at radius 1 is 1.48 bits per heavy atom. The van der Waals surface area contributed by atoms with Crippen LogP contribution >= 0.6 is 0 Å². The lowest BCUT2D eigenvalue weighted by Crippen LogP contribution is -2.29. The van der Waals surface area contributed by atoms with Gasteiger partial charge in [0.25, 0.3) is 5.91 Å². The summed E-state index contributed by atoms with van der Waals surface area (Å²) in [7, 11) is 0. The van der Waals surface area contributed by atoms with Crippen molar-refractivity contribution in [3.63, 3.8) is 0 Å². The molecule has 0 unspecified atom stereocenters. The molecule has 112 valence electrons. The van der Waals surface area contributed by atoms with Gasteiger partial charge >= 0.3 is 5.97 Å². The summed E-state index contributed by atoms with van der Waals surface area (Å²) in [5, 5.41) is 11.5. The van der Waals surface area contributed by atoms with Gasteiger partial charge in [0.05, 0.1) is 12.1 Å². The van der Waals surface area contributed by atoms with Gasteiger partial charge < -0.3 is 19.6 Å². The van der Waals surface area contributed by atoms with E-state index in [1.807, 2.05) is 6.92 Å². The predicted octanol–water partition coefficient (Wildman–Crippen LogP) is 0.866. The summed E-state index contributed by atoms with van der Waals surface area (Å²) in [6, 6.07) is 3.44. The molecule has 0 radical (unpaired) electrons. The Morgan fingerprint density at radius 2 is 2.29 bits per heavy atom. The van der Waals surface area contributed by atoms with E-state index in [0.717, 1.165) is 6.42 Å². The molecule has 0 aromatic carbocycles. The lowest BCUT2D eigenvalue weighted by atomic mass is 10.3. The molecule has 0 saturated heterocycles. The fraction of sp³-hybridized carbons (Fsp3) is 0.357. The van der Waals surface area contributed by atoms with Gasteiger partial charge in [-0.3, -0.25) is 9.59 Å². The average molecular weight is 291 g/mol. The number of hydrogen-bond donors (Lipinski definition) is 2. The third-order valence-corrected chi connectivity index (χ3v) is 2.76. The number of fused-ring (bicyclic) bond motifs is 1. The van der Waals surface area contributed by atoms with Gasteiger partial charge in [0.2, 0.25) is 0 Å². The van der Waals surface area contributed by atoms with Crippen molar-refractivity contribution >= 4 is 17.5 Å². The molecule has 2 aromatic heterocycles. The number of rotatable bonds is 7. The summed E-state index contributed by atoms with van der Waals surface area (Å²) in [6.45, 7) is 2.48. The zero-order chi connectivity index (χ0) is 15.2. The van der Waals surface area contributed by atoms with Crippen molar-refractivity contribution in [2.75, 3.05) is 13.2 Å². The van der Waals surface area contributed by atoms with E-state index in [1.165, 1.54) is 0 Å². The van der Waals surface area contributed by atoms with Crippen LogP contribution in [0, 0.1) is 0 Å². The van der Waals surface area contributed by atoms with Gasteiger partial charge in [0.1, 0.15) is 0 Å². The molecule has 0 saturated carbocycles. The molecule has 0 bridgehead atoms. The molecule has 2 aromatic rings. The highest BCUT2D eigenvalue weighted by atomic mass is 16.5. The smallest absolute Gasteiger partial charge is 0.309 e. The zero-order valence-electron chi connectivity index (χ0n) is 11.7. The largest absolute Gasteiger partial charge is 0.481 e. The maximum absolute atomic E-state index is 11.5. The van der Waals surface area contributed by atoms with Crippen LogP contribution < -0.4 is 10.1 Å². The molecule has 0 fully saturated rings. The standard InChI is InChI=1S/C14H17N3O4/c1-2-5-15-12(18)9-21-11-4-3-6-17-8-10(7-13(19)20)16-14(11)17/h3-4,6,8H,2,5,7,9H2,1H3,(H,15,18)(H,19,20). The monoisotopic (exact) mass is 291 g/mol. The number of carboxylic acid groups (broad SMARTS) is 1. The summed E-state index contributed by atoms with van der Waals surface area (Å²) >= 11 is 0. The van der Waals surface area contributed by atoms with E-state index in [2.05, 4.69) is 10.3 Å². The Morgan fingerprint density at radius 3 is 3.00 bits per heavy atom. The van der Waals surface area contributed by atoms with Crippen LogP contribution in [0.25, 0.3) is 5.65 Å². The van der Waals surface area contributed by atoms with Crippen LogP contribution in [0.3, 0.4) is 0 Å². The minimum absolute atomic E-state index is 0.0964. The lowest BCUT2D eigenvalue weighted by Gasteiger charge is -2.07. The number of amides is 1. The summed E-state index contributed by atoms with van der Waals surface area (Å²) in [5.74, 6) is -0.697. The first kappa shape index (κ1) is 14.8. The second-order valence-corrected chi connectivity index (χ2v) is 4.54. The van der Waals surface area contributed by atoms with Crippen LogP contribution in [0.1, 0.15) is 19.0 Å². The first-order valence-electron chi connectivity index (χ1n) is 6.68. The molecule has 2 rings (SSSR count). The second-order valence-electron chi connectivity index (χ2n) is 4.54. The molecule has 0 aliphatic heterocycles. The number of pyridine rings is 1. The quantitative estimate of drug-likeness (QED) is 0.789. The maximum atomic E-state index is 11.5.